The lowest BCUT2D eigenvalue weighted by Gasteiger charge is -2.38. The van der Waals surface area contributed by atoms with Crippen molar-refractivity contribution < 1.29 is 4.74 Å². The Labute approximate surface area is 90.6 Å². The molecule has 0 spiro atoms. The van der Waals surface area contributed by atoms with Gasteiger partial charge in [-0.2, -0.15) is 5.26 Å². The highest BCUT2D eigenvalue weighted by molar-refractivity contribution is 6.22. The van der Waals surface area contributed by atoms with Gasteiger partial charge in [-0.1, -0.05) is 6.92 Å². The molecule has 1 rings (SSSR count). The summed E-state index contributed by atoms with van der Waals surface area (Å²) in [5.74, 6) is 0. The van der Waals surface area contributed by atoms with Crippen molar-refractivity contribution in [2.75, 3.05) is 19.7 Å². The van der Waals surface area contributed by atoms with Crippen molar-refractivity contribution in [3.63, 3.8) is 0 Å². The smallest absolute Gasteiger partial charge is 0.133 e. The van der Waals surface area contributed by atoms with Gasteiger partial charge in [0, 0.05) is 19.1 Å². The van der Waals surface area contributed by atoms with Crippen molar-refractivity contribution in [3.05, 3.63) is 0 Å². The Balaban J connectivity index is 2.49. The van der Waals surface area contributed by atoms with E-state index >= 15 is 0 Å². The van der Waals surface area contributed by atoms with Gasteiger partial charge in [0.1, 0.15) is 5.38 Å². The molecular formula is C10H17ClN2O. The first kappa shape index (κ1) is 11.8. The van der Waals surface area contributed by atoms with Gasteiger partial charge in [0.15, 0.2) is 0 Å². The molecule has 0 saturated carbocycles. The maximum absolute atomic E-state index is 8.65. The highest BCUT2D eigenvalue weighted by Gasteiger charge is 2.26. The molecule has 0 aliphatic carbocycles. The molecule has 0 aromatic rings. The van der Waals surface area contributed by atoms with E-state index in [4.69, 9.17) is 21.6 Å². The van der Waals surface area contributed by atoms with E-state index in [2.05, 4.69) is 24.8 Å². The van der Waals surface area contributed by atoms with Crippen LogP contribution in [-0.4, -0.2) is 42.1 Å². The average molecular weight is 217 g/mol. The minimum Gasteiger partial charge on any atom is -0.376 e. The minimum atomic E-state index is -0.408. The van der Waals surface area contributed by atoms with Crippen LogP contribution in [0.1, 0.15) is 20.3 Å². The van der Waals surface area contributed by atoms with Crippen LogP contribution >= 0.6 is 11.6 Å². The largest absolute Gasteiger partial charge is 0.376 e. The Kier molecular flexibility index (Phi) is 4.67. The first-order valence-corrected chi connectivity index (χ1v) is 5.50. The Bertz CT molecular complexity index is 217. The second-order valence-electron chi connectivity index (χ2n) is 3.76. The number of rotatable bonds is 3. The van der Waals surface area contributed by atoms with Crippen molar-refractivity contribution in [2.45, 2.75) is 37.8 Å². The van der Waals surface area contributed by atoms with Gasteiger partial charge < -0.3 is 4.74 Å². The Morgan fingerprint density at radius 2 is 2.43 bits per heavy atom. The normalized spacial score (nSPS) is 31.0. The van der Waals surface area contributed by atoms with Crippen LogP contribution < -0.4 is 0 Å². The van der Waals surface area contributed by atoms with E-state index in [1.165, 1.54) is 0 Å². The van der Waals surface area contributed by atoms with Gasteiger partial charge in [0.25, 0.3) is 0 Å². The molecule has 0 radical (unpaired) electrons. The van der Waals surface area contributed by atoms with Crippen LogP contribution in [0.3, 0.4) is 0 Å². The van der Waals surface area contributed by atoms with Crippen molar-refractivity contribution in [2.24, 2.45) is 0 Å². The number of hydrogen-bond acceptors (Lipinski definition) is 3. The number of alkyl halides is 1. The molecule has 1 aliphatic heterocycles. The number of morpholine rings is 1. The topological polar surface area (TPSA) is 36.3 Å². The minimum absolute atomic E-state index is 0.250. The molecule has 0 aromatic heterocycles. The van der Waals surface area contributed by atoms with Crippen LogP contribution in [0.5, 0.6) is 0 Å². The van der Waals surface area contributed by atoms with E-state index in [1.54, 1.807) is 0 Å². The molecule has 0 bridgehead atoms. The first-order chi connectivity index (χ1) is 6.67. The molecule has 0 N–H and O–H groups in total. The van der Waals surface area contributed by atoms with Gasteiger partial charge >= 0.3 is 0 Å². The Morgan fingerprint density at radius 3 is 3.00 bits per heavy atom. The van der Waals surface area contributed by atoms with Crippen molar-refractivity contribution in [3.8, 4) is 6.07 Å². The van der Waals surface area contributed by atoms with Gasteiger partial charge in [-0.05, 0) is 13.3 Å². The fourth-order valence-corrected chi connectivity index (χ4v) is 1.94. The van der Waals surface area contributed by atoms with Crippen LogP contribution in [0.25, 0.3) is 0 Å². The summed E-state index contributed by atoms with van der Waals surface area (Å²) in [5, 5.41) is 8.24. The van der Waals surface area contributed by atoms with Crippen LogP contribution in [-0.2, 0) is 4.74 Å². The molecule has 1 heterocycles. The highest BCUT2D eigenvalue weighted by Crippen LogP contribution is 2.15. The lowest BCUT2D eigenvalue weighted by Crippen LogP contribution is -2.50. The zero-order valence-corrected chi connectivity index (χ0v) is 9.50. The molecule has 14 heavy (non-hydrogen) atoms. The van der Waals surface area contributed by atoms with E-state index in [9.17, 15) is 0 Å². The zero-order chi connectivity index (χ0) is 10.6. The quantitative estimate of drug-likeness (QED) is 0.673. The summed E-state index contributed by atoms with van der Waals surface area (Å²) >= 11 is 5.82. The Hall–Kier alpha value is -0.300. The molecule has 0 amide bonds. The SMILES string of the molecule is CCC1COC(C)CN1CC(Cl)C#N. The van der Waals surface area contributed by atoms with E-state index in [0.29, 0.717) is 12.6 Å². The van der Waals surface area contributed by atoms with E-state index < -0.39 is 5.38 Å². The fourth-order valence-electron chi connectivity index (χ4n) is 1.76. The molecular weight excluding hydrogens is 200 g/mol. The summed E-state index contributed by atoms with van der Waals surface area (Å²) < 4.78 is 5.56. The van der Waals surface area contributed by atoms with Gasteiger partial charge in [-0.3, -0.25) is 4.90 Å². The van der Waals surface area contributed by atoms with E-state index in [1.807, 2.05) is 0 Å². The average Bonchev–Trinajstić information content (AvgIpc) is 2.18. The number of halogens is 1. The summed E-state index contributed by atoms with van der Waals surface area (Å²) in [6.07, 6.45) is 1.29. The van der Waals surface area contributed by atoms with Crippen LogP contribution in [0.4, 0.5) is 0 Å². The predicted octanol–water partition coefficient (Wildman–Crippen LogP) is 1.62. The molecule has 3 nitrogen and oxygen atoms in total. The summed E-state index contributed by atoms with van der Waals surface area (Å²) in [7, 11) is 0. The summed E-state index contributed by atoms with van der Waals surface area (Å²) in [4.78, 5) is 2.26. The van der Waals surface area contributed by atoms with E-state index in [-0.39, 0.29) is 6.10 Å². The third kappa shape index (κ3) is 3.13. The third-order valence-corrected chi connectivity index (χ3v) is 2.82. The summed E-state index contributed by atoms with van der Waals surface area (Å²) in [6, 6.07) is 2.47. The van der Waals surface area contributed by atoms with Crippen LogP contribution in [0.2, 0.25) is 0 Å². The van der Waals surface area contributed by atoms with Gasteiger partial charge in [0.05, 0.1) is 18.8 Å². The number of ether oxygens (including phenoxy) is 1. The number of hydrogen-bond donors (Lipinski definition) is 0. The van der Waals surface area contributed by atoms with Gasteiger partial charge in [-0.25, -0.2) is 0 Å². The van der Waals surface area contributed by atoms with Gasteiger partial charge in [-0.15, -0.1) is 11.6 Å². The van der Waals surface area contributed by atoms with Gasteiger partial charge in [0.2, 0.25) is 0 Å². The first-order valence-electron chi connectivity index (χ1n) is 5.06. The van der Waals surface area contributed by atoms with Crippen molar-refractivity contribution in [1.82, 2.24) is 4.90 Å². The molecule has 3 atom stereocenters. The predicted molar refractivity (Wildman–Crippen MR) is 56.3 cm³/mol. The lowest BCUT2D eigenvalue weighted by molar-refractivity contribution is -0.0545. The van der Waals surface area contributed by atoms with E-state index in [0.717, 1.165) is 19.6 Å². The fraction of sp³-hybridized carbons (Fsp3) is 0.900. The number of nitrogens with zero attached hydrogens (tertiary/aromatic N) is 2. The standard InChI is InChI=1S/C10H17ClN2O/c1-3-10-7-14-8(2)5-13(10)6-9(11)4-12/h8-10H,3,5-7H2,1-2H3. The van der Waals surface area contributed by atoms with Crippen molar-refractivity contribution in [1.29, 1.82) is 5.26 Å². The molecule has 1 aliphatic rings. The van der Waals surface area contributed by atoms with Crippen LogP contribution in [0.15, 0.2) is 0 Å². The molecule has 0 aromatic carbocycles. The maximum Gasteiger partial charge on any atom is 0.133 e. The second-order valence-corrected chi connectivity index (χ2v) is 4.28. The zero-order valence-electron chi connectivity index (χ0n) is 8.74. The summed E-state index contributed by atoms with van der Waals surface area (Å²) in [6.45, 7) is 6.46. The van der Waals surface area contributed by atoms with Crippen LogP contribution in [0, 0.1) is 11.3 Å². The molecule has 4 heteroatoms. The maximum atomic E-state index is 8.65. The molecule has 1 fully saturated rings. The Morgan fingerprint density at radius 1 is 1.71 bits per heavy atom. The van der Waals surface area contributed by atoms with Crippen molar-refractivity contribution >= 4 is 11.6 Å². The number of nitriles is 1. The second kappa shape index (κ2) is 5.55. The third-order valence-electron chi connectivity index (χ3n) is 2.59. The monoisotopic (exact) mass is 216 g/mol. The molecule has 80 valence electrons. The molecule has 1 saturated heterocycles. The molecule has 3 unspecified atom stereocenters. The summed E-state index contributed by atoms with van der Waals surface area (Å²) in [5.41, 5.74) is 0. The highest BCUT2D eigenvalue weighted by atomic mass is 35.5. The lowest BCUT2D eigenvalue weighted by atomic mass is 10.1.